The Morgan fingerprint density at radius 2 is 1.82 bits per heavy atom. The van der Waals surface area contributed by atoms with Gasteiger partial charge in [0.05, 0.1) is 18.0 Å². The van der Waals surface area contributed by atoms with Gasteiger partial charge in [0, 0.05) is 39.0 Å². The van der Waals surface area contributed by atoms with Crippen molar-refractivity contribution < 1.29 is 22.7 Å². The molecule has 152 valence electrons. The molecule has 9 nitrogen and oxygen atoms in total. The molecule has 3 fully saturated rings. The molecule has 3 heterocycles. The van der Waals surface area contributed by atoms with Crippen LogP contribution in [0.1, 0.15) is 5.56 Å². The molecular weight excluding hydrogens is 384 g/mol. The zero-order valence-corrected chi connectivity index (χ0v) is 16.6. The number of hydrogen-bond acceptors (Lipinski definition) is 6. The summed E-state index contributed by atoms with van der Waals surface area (Å²) in [6, 6.07) is 7.02. The number of piperazine rings is 1. The number of urea groups is 1. The van der Waals surface area contributed by atoms with Gasteiger partial charge in [-0.3, -0.25) is 4.90 Å². The van der Waals surface area contributed by atoms with E-state index in [4.69, 9.17) is 4.74 Å². The van der Waals surface area contributed by atoms with Gasteiger partial charge in [-0.1, -0.05) is 18.2 Å². The maximum atomic E-state index is 12.7. The highest BCUT2D eigenvalue weighted by molar-refractivity contribution is 7.90. The zero-order chi connectivity index (χ0) is 19.9. The second-order valence-electron chi connectivity index (χ2n) is 7.76. The lowest BCUT2D eigenvalue weighted by atomic mass is 9.92. The number of nitrogens with one attached hydrogen (secondary N) is 1. The number of ether oxygens (including phenoxy) is 1. The normalized spacial score (nSPS) is 22.0. The number of hydrogen-bond donors (Lipinski definition) is 1. The first-order valence-electron chi connectivity index (χ1n) is 9.25. The molecule has 3 aliphatic rings. The monoisotopic (exact) mass is 408 g/mol. The maximum Gasteiger partial charge on any atom is 0.407 e. The summed E-state index contributed by atoms with van der Waals surface area (Å²) >= 11 is 0. The number of rotatable bonds is 3. The van der Waals surface area contributed by atoms with Crippen LogP contribution >= 0.6 is 0 Å². The van der Waals surface area contributed by atoms with Gasteiger partial charge in [-0.15, -0.1) is 0 Å². The van der Waals surface area contributed by atoms with Gasteiger partial charge in [-0.05, 0) is 11.6 Å². The molecule has 0 radical (unpaired) electrons. The SMILES string of the molecule is CS(=O)(=O)c1ccccc1CN1CCN(C(=O)N2CC3(COC(=O)N3)C2)CC1. The van der Waals surface area contributed by atoms with E-state index in [0.29, 0.717) is 57.3 Å². The van der Waals surface area contributed by atoms with E-state index in [1.54, 1.807) is 17.0 Å². The number of amides is 3. The van der Waals surface area contributed by atoms with Crippen LogP contribution in [0.5, 0.6) is 0 Å². The summed E-state index contributed by atoms with van der Waals surface area (Å²) in [6.07, 6.45) is 0.801. The van der Waals surface area contributed by atoms with E-state index < -0.39 is 21.5 Å². The lowest BCUT2D eigenvalue weighted by molar-refractivity contribution is 0.0424. The number of carbonyl (C=O) groups excluding carboxylic acids is 2. The van der Waals surface area contributed by atoms with Gasteiger partial charge in [0.2, 0.25) is 0 Å². The number of cyclic esters (lactones) is 1. The van der Waals surface area contributed by atoms with Crippen LogP contribution in [-0.2, 0) is 21.1 Å². The van der Waals surface area contributed by atoms with Crippen molar-refractivity contribution in [1.82, 2.24) is 20.0 Å². The van der Waals surface area contributed by atoms with Crippen molar-refractivity contribution in [3.8, 4) is 0 Å². The Morgan fingerprint density at radius 1 is 1.14 bits per heavy atom. The van der Waals surface area contributed by atoms with Gasteiger partial charge in [0.1, 0.15) is 12.1 Å². The van der Waals surface area contributed by atoms with Gasteiger partial charge < -0.3 is 19.9 Å². The number of likely N-dealkylation sites (tertiary alicyclic amines) is 1. The predicted octanol–water partition coefficient (Wildman–Crippen LogP) is 0.122. The van der Waals surface area contributed by atoms with Crippen molar-refractivity contribution in [1.29, 1.82) is 0 Å². The van der Waals surface area contributed by atoms with Crippen molar-refractivity contribution in [3.63, 3.8) is 0 Å². The van der Waals surface area contributed by atoms with Crippen LogP contribution in [0.25, 0.3) is 0 Å². The largest absolute Gasteiger partial charge is 0.447 e. The summed E-state index contributed by atoms with van der Waals surface area (Å²) in [4.78, 5) is 29.9. The molecule has 0 atom stereocenters. The van der Waals surface area contributed by atoms with Crippen molar-refractivity contribution in [2.45, 2.75) is 17.0 Å². The second-order valence-corrected chi connectivity index (χ2v) is 9.75. The Kier molecular flexibility index (Phi) is 4.70. The standard InChI is InChI=1S/C18H24N4O5S/c1-28(25,26)15-5-3-2-4-14(15)10-20-6-8-21(9-7-20)17(24)22-11-18(12-22)13-27-16(23)19-18/h2-5H,6-13H2,1H3,(H,19,23). The molecule has 0 aliphatic carbocycles. The molecule has 3 amide bonds. The van der Waals surface area contributed by atoms with Crippen LogP contribution in [0.3, 0.4) is 0 Å². The number of alkyl carbamates (subject to hydrolysis) is 1. The van der Waals surface area contributed by atoms with Crippen LogP contribution < -0.4 is 5.32 Å². The molecule has 0 saturated carbocycles. The summed E-state index contributed by atoms with van der Waals surface area (Å²) in [6.45, 7) is 4.34. The van der Waals surface area contributed by atoms with Crippen LogP contribution in [-0.4, -0.2) is 92.9 Å². The Balaban J connectivity index is 1.30. The van der Waals surface area contributed by atoms with E-state index >= 15 is 0 Å². The molecule has 1 aromatic rings. The van der Waals surface area contributed by atoms with Crippen molar-refractivity contribution >= 4 is 22.0 Å². The van der Waals surface area contributed by atoms with Crippen molar-refractivity contribution in [2.24, 2.45) is 0 Å². The molecule has 0 aromatic heterocycles. The summed E-state index contributed by atoms with van der Waals surface area (Å²) in [5.74, 6) is 0. The molecule has 10 heteroatoms. The van der Waals surface area contributed by atoms with Crippen LogP contribution in [0.15, 0.2) is 29.2 Å². The highest BCUT2D eigenvalue weighted by Gasteiger charge is 2.52. The first-order chi connectivity index (χ1) is 13.3. The smallest absolute Gasteiger partial charge is 0.407 e. The molecule has 1 N–H and O–H groups in total. The van der Waals surface area contributed by atoms with E-state index in [9.17, 15) is 18.0 Å². The van der Waals surface area contributed by atoms with Gasteiger partial charge in [-0.25, -0.2) is 18.0 Å². The first kappa shape index (κ1) is 19.0. The third-order valence-corrected chi connectivity index (χ3v) is 6.71. The third-order valence-electron chi connectivity index (χ3n) is 5.51. The van der Waals surface area contributed by atoms with Crippen molar-refractivity contribution in [2.75, 3.05) is 52.1 Å². The number of benzene rings is 1. The third kappa shape index (κ3) is 3.66. The minimum absolute atomic E-state index is 0.0250. The minimum atomic E-state index is -3.27. The summed E-state index contributed by atoms with van der Waals surface area (Å²) in [5.41, 5.74) is 0.371. The van der Waals surface area contributed by atoms with Crippen LogP contribution in [0.4, 0.5) is 9.59 Å². The van der Waals surface area contributed by atoms with Gasteiger partial charge >= 0.3 is 12.1 Å². The molecule has 28 heavy (non-hydrogen) atoms. The predicted molar refractivity (Wildman–Crippen MR) is 101 cm³/mol. The number of sulfone groups is 1. The molecule has 3 saturated heterocycles. The average Bonchev–Trinajstić information content (AvgIpc) is 3.02. The molecule has 4 rings (SSSR count). The number of nitrogens with zero attached hydrogens (tertiary/aromatic N) is 3. The minimum Gasteiger partial charge on any atom is -0.447 e. The van der Waals surface area contributed by atoms with E-state index in [-0.39, 0.29) is 6.03 Å². The second kappa shape index (κ2) is 6.93. The van der Waals surface area contributed by atoms with Gasteiger partial charge in [0.15, 0.2) is 9.84 Å². The molecule has 0 bridgehead atoms. The molecule has 1 spiro atoms. The average molecular weight is 408 g/mol. The summed E-state index contributed by atoms with van der Waals surface area (Å²) in [7, 11) is -3.27. The molecular formula is C18H24N4O5S. The van der Waals surface area contributed by atoms with Crippen LogP contribution in [0, 0.1) is 0 Å². The summed E-state index contributed by atoms with van der Waals surface area (Å²) in [5, 5.41) is 2.78. The van der Waals surface area contributed by atoms with E-state index in [2.05, 4.69) is 10.2 Å². The van der Waals surface area contributed by atoms with Gasteiger partial charge in [-0.2, -0.15) is 0 Å². The Bertz CT molecular complexity index is 889. The highest BCUT2D eigenvalue weighted by atomic mass is 32.2. The lowest BCUT2D eigenvalue weighted by Gasteiger charge is -2.48. The highest BCUT2D eigenvalue weighted by Crippen LogP contribution is 2.27. The van der Waals surface area contributed by atoms with E-state index in [1.165, 1.54) is 6.26 Å². The quantitative estimate of drug-likeness (QED) is 0.763. The lowest BCUT2D eigenvalue weighted by Crippen LogP contribution is -2.71. The zero-order valence-electron chi connectivity index (χ0n) is 15.8. The van der Waals surface area contributed by atoms with E-state index in [1.807, 2.05) is 17.0 Å². The first-order valence-corrected chi connectivity index (χ1v) is 11.1. The van der Waals surface area contributed by atoms with Crippen LogP contribution in [0.2, 0.25) is 0 Å². The summed E-state index contributed by atoms with van der Waals surface area (Å²) < 4.78 is 28.9. The fourth-order valence-corrected chi connectivity index (χ4v) is 4.95. The Morgan fingerprint density at radius 3 is 2.43 bits per heavy atom. The van der Waals surface area contributed by atoms with E-state index in [0.717, 1.165) is 5.56 Å². The fourth-order valence-electron chi connectivity index (χ4n) is 4.02. The maximum absolute atomic E-state index is 12.7. The number of carbonyl (C=O) groups is 2. The molecule has 1 aromatic carbocycles. The van der Waals surface area contributed by atoms with Crippen molar-refractivity contribution in [3.05, 3.63) is 29.8 Å². The molecule has 3 aliphatic heterocycles. The Hall–Kier alpha value is -2.33. The van der Waals surface area contributed by atoms with Gasteiger partial charge in [0.25, 0.3) is 0 Å². The Labute approximate surface area is 164 Å². The molecule has 0 unspecified atom stereocenters. The topological polar surface area (TPSA) is 99.3 Å². The fraction of sp³-hybridized carbons (Fsp3) is 0.556.